The highest BCUT2D eigenvalue weighted by Gasteiger charge is 2.21. The summed E-state index contributed by atoms with van der Waals surface area (Å²) >= 11 is 1.80. The maximum Gasteiger partial charge on any atom is 0.0946 e. The number of rotatable bonds is 7. The van der Waals surface area contributed by atoms with Gasteiger partial charge in [-0.05, 0) is 41.3 Å². The van der Waals surface area contributed by atoms with Gasteiger partial charge in [0.05, 0.1) is 6.33 Å². The largest absolute Gasteiger partial charge is 0.337 e. The molecule has 0 saturated carbocycles. The first kappa shape index (κ1) is 18.6. The second-order valence-electron chi connectivity index (χ2n) is 7.11. The molecule has 2 nitrogen and oxygen atoms in total. The van der Waals surface area contributed by atoms with Crippen molar-refractivity contribution in [3.05, 3.63) is 115 Å². The lowest BCUT2D eigenvalue weighted by molar-refractivity contribution is 0.434. The van der Waals surface area contributed by atoms with E-state index < -0.39 is 0 Å². The van der Waals surface area contributed by atoms with E-state index in [-0.39, 0.29) is 0 Å². The van der Waals surface area contributed by atoms with Gasteiger partial charge in [0.1, 0.15) is 0 Å². The van der Waals surface area contributed by atoms with Crippen molar-refractivity contribution < 1.29 is 0 Å². The summed E-state index contributed by atoms with van der Waals surface area (Å²) in [5.41, 5.74) is 2.72. The molecule has 2 unspecified atom stereocenters. The number of hydrogen-bond donors (Lipinski definition) is 0. The van der Waals surface area contributed by atoms with Gasteiger partial charge in [0.25, 0.3) is 0 Å². The Morgan fingerprint density at radius 1 is 0.786 bits per heavy atom. The van der Waals surface area contributed by atoms with E-state index in [0.29, 0.717) is 11.8 Å². The van der Waals surface area contributed by atoms with Crippen molar-refractivity contribution in [2.45, 2.75) is 29.2 Å². The minimum atomic E-state index is 0.347. The Hall–Kier alpha value is -2.78. The van der Waals surface area contributed by atoms with Crippen molar-refractivity contribution in [3.8, 4) is 0 Å². The fourth-order valence-electron chi connectivity index (χ4n) is 3.71. The van der Waals surface area contributed by atoms with E-state index in [2.05, 4.69) is 101 Å². The van der Waals surface area contributed by atoms with Crippen molar-refractivity contribution >= 4 is 11.8 Å². The van der Waals surface area contributed by atoms with Gasteiger partial charge >= 0.3 is 0 Å². The third kappa shape index (κ3) is 4.55. The van der Waals surface area contributed by atoms with Crippen molar-refractivity contribution in [2.24, 2.45) is 5.92 Å². The van der Waals surface area contributed by atoms with Crippen molar-refractivity contribution in [1.29, 1.82) is 0 Å². The van der Waals surface area contributed by atoms with Gasteiger partial charge in [-0.25, -0.2) is 4.98 Å². The zero-order valence-corrected chi connectivity index (χ0v) is 16.8. The average molecular weight is 385 g/mol. The molecule has 0 spiro atoms. The van der Waals surface area contributed by atoms with E-state index in [4.69, 9.17) is 0 Å². The molecule has 1 aromatic heterocycles. The molecule has 2 atom stereocenters. The summed E-state index contributed by atoms with van der Waals surface area (Å²) < 4.78 is 2.17. The molecule has 0 radical (unpaired) electrons. The average Bonchev–Trinajstić information content (AvgIpc) is 3.24. The third-order valence-electron chi connectivity index (χ3n) is 5.00. The normalized spacial score (nSPS) is 13.2. The SMILES string of the molecule is CC(Cn1ccnc1)C(c1ccccc1)c1ccc(Sc2ccccc2)cc1. The van der Waals surface area contributed by atoms with Crippen LogP contribution in [0.25, 0.3) is 0 Å². The van der Waals surface area contributed by atoms with Crippen LogP contribution in [0.4, 0.5) is 0 Å². The fraction of sp³-hybridized carbons (Fsp3) is 0.160. The lowest BCUT2D eigenvalue weighted by atomic mass is 9.81. The van der Waals surface area contributed by atoms with Crippen LogP contribution in [0.15, 0.2) is 113 Å². The second-order valence-corrected chi connectivity index (χ2v) is 8.26. The van der Waals surface area contributed by atoms with Crippen molar-refractivity contribution in [1.82, 2.24) is 9.55 Å². The Balaban J connectivity index is 1.59. The standard InChI is InChI=1S/C25H24N2S/c1-20(18-27-17-16-26-19-27)25(21-8-4-2-5-9-21)22-12-14-24(15-13-22)28-23-10-6-3-7-11-23/h2-17,19-20,25H,18H2,1H3. The van der Waals surface area contributed by atoms with E-state index in [1.54, 1.807) is 11.8 Å². The molecular formula is C25H24N2S. The molecule has 0 bridgehead atoms. The molecule has 0 saturated heterocycles. The van der Waals surface area contributed by atoms with Crippen molar-refractivity contribution in [2.75, 3.05) is 0 Å². The van der Waals surface area contributed by atoms with Crippen LogP contribution in [-0.4, -0.2) is 9.55 Å². The minimum absolute atomic E-state index is 0.347. The predicted octanol–water partition coefficient (Wildman–Crippen LogP) is 6.50. The monoisotopic (exact) mass is 384 g/mol. The number of aromatic nitrogens is 2. The number of imidazole rings is 1. The quantitative estimate of drug-likeness (QED) is 0.362. The van der Waals surface area contributed by atoms with Gasteiger partial charge in [0.15, 0.2) is 0 Å². The van der Waals surface area contributed by atoms with Gasteiger partial charge in [0.2, 0.25) is 0 Å². The fourth-order valence-corrected chi connectivity index (χ4v) is 4.55. The molecule has 1 heterocycles. The van der Waals surface area contributed by atoms with Crippen LogP contribution in [0, 0.1) is 5.92 Å². The molecular weight excluding hydrogens is 360 g/mol. The smallest absolute Gasteiger partial charge is 0.0946 e. The Morgan fingerprint density at radius 2 is 1.39 bits per heavy atom. The van der Waals surface area contributed by atoms with E-state index in [9.17, 15) is 0 Å². The van der Waals surface area contributed by atoms with Crippen LogP contribution in [0.2, 0.25) is 0 Å². The van der Waals surface area contributed by atoms with Crippen molar-refractivity contribution in [3.63, 3.8) is 0 Å². The maximum absolute atomic E-state index is 4.19. The van der Waals surface area contributed by atoms with E-state index >= 15 is 0 Å². The highest BCUT2D eigenvalue weighted by Crippen LogP contribution is 2.35. The van der Waals surface area contributed by atoms with Crippen LogP contribution in [-0.2, 0) is 6.54 Å². The predicted molar refractivity (Wildman–Crippen MR) is 117 cm³/mol. The van der Waals surface area contributed by atoms with Crippen LogP contribution in [0.5, 0.6) is 0 Å². The molecule has 0 amide bonds. The number of benzene rings is 3. The zero-order chi connectivity index (χ0) is 19.2. The van der Waals surface area contributed by atoms with Crippen LogP contribution < -0.4 is 0 Å². The molecule has 3 heteroatoms. The van der Waals surface area contributed by atoms with Gasteiger partial charge < -0.3 is 4.57 Å². The topological polar surface area (TPSA) is 17.8 Å². The van der Waals surface area contributed by atoms with E-state index in [1.807, 2.05) is 18.7 Å². The molecule has 0 aliphatic rings. The van der Waals surface area contributed by atoms with Gasteiger partial charge in [-0.15, -0.1) is 0 Å². The summed E-state index contributed by atoms with van der Waals surface area (Å²) in [5, 5.41) is 0. The lowest BCUT2D eigenvalue weighted by Gasteiger charge is -2.25. The molecule has 28 heavy (non-hydrogen) atoms. The number of hydrogen-bond acceptors (Lipinski definition) is 2. The van der Waals surface area contributed by atoms with Gasteiger partial charge in [-0.3, -0.25) is 0 Å². The summed E-state index contributed by atoms with van der Waals surface area (Å²) in [6.45, 7) is 3.27. The second kappa shape index (κ2) is 8.94. The minimum Gasteiger partial charge on any atom is -0.337 e. The third-order valence-corrected chi connectivity index (χ3v) is 6.02. The Kier molecular flexibility index (Phi) is 5.93. The first-order chi connectivity index (χ1) is 13.8. The molecule has 0 aliphatic heterocycles. The maximum atomic E-state index is 4.19. The van der Waals surface area contributed by atoms with E-state index in [1.165, 1.54) is 20.9 Å². The van der Waals surface area contributed by atoms with Gasteiger partial charge in [-0.1, -0.05) is 79.3 Å². The highest BCUT2D eigenvalue weighted by atomic mass is 32.2. The summed E-state index contributed by atoms with van der Waals surface area (Å²) in [6, 6.07) is 30.4. The molecule has 4 rings (SSSR count). The molecule has 0 N–H and O–H groups in total. The Morgan fingerprint density at radius 3 is 2.04 bits per heavy atom. The Labute approximate surface area is 171 Å². The molecule has 4 aromatic rings. The molecule has 0 fully saturated rings. The molecule has 3 aromatic carbocycles. The number of nitrogens with zero attached hydrogens (tertiary/aromatic N) is 2. The summed E-state index contributed by atoms with van der Waals surface area (Å²) in [7, 11) is 0. The summed E-state index contributed by atoms with van der Waals surface area (Å²) in [4.78, 5) is 6.73. The first-order valence-electron chi connectivity index (χ1n) is 9.63. The van der Waals surface area contributed by atoms with Crippen LogP contribution >= 0.6 is 11.8 Å². The summed E-state index contributed by atoms with van der Waals surface area (Å²) in [6.07, 6.45) is 5.79. The van der Waals surface area contributed by atoms with E-state index in [0.717, 1.165) is 6.54 Å². The highest BCUT2D eigenvalue weighted by molar-refractivity contribution is 7.99. The van der Waals surface area contributed by atoms with Gasteiger partial charge in [-0.2, -0.15) is 0 Å². The molecule has 140 valence electrons. The molecule has 0 aliphatic carbocycles. The lowest BCUT2D eigenvalue weighted by Crippen LogP contribution is -2.17. The van der Waals surface area contributed by atoms with Crippen LogP contribution in [0.3, 0.4) is 0 Å². The zero-order valence-electron chi connectivity index (χ0n) is 16.0. The summed E-state index contributed by atoms with van der Waals surface area (Å²) in [5.74, 6) is 0.795. The van der Waals surface area contributed by atoms with Gasteiger partial charge in [0, 0.05) is 34.6 Å². The Bertz CT molecular complexity index is 964. The van der Waals surface area contributed by atoms with Crippen LogP contribution in [0.1, 0.15) is 24.0 Å². The first-order valence-corrected chi connectivity index (χ1v) is 10.4.